The molecule has 1 heterocycles. The Balaban J connectivity index is 2.23. The third-order valence-electron chi connectivity index (χ3n) is 1.93. The van der Waals surface area contributed by atoms with E-state index < -0.39 is 0 Å². The van der Waals surface area contributed by atoms with Crippen LogP contribution in [0.5, 0.6) is 17.4 Å². The number of nitrogens with two attached hydrogens (primary N) is 1. The Kier molecular flexibility index (Phi) is 2.86. The first-order valence-corrected chi connectivity index (χ1v) is 4.68. The van der Waals surface area contributed by atoms with Crippen LogP contribution in [0.2, 0.25) is 0 Å². The van der Waals surface area contributed by atoms with E-state index in [9.17, 15) is 0 Å². The van der Waals surface area contributed by atoms with Crippen LogP contribution in [0.1, 0.15) is 0 Å². The van der Waals surface area contributed by atoms with Gasteiger partial charge in [-0.05, 0) is 12.1 Å². The zero-order valence-corrected chi connectivity index (χ0v) is 8.75. The molecule has 2 aromatic rings. The molecule has 0 saturated carbocycles. The molecule has 0 saturated heterocycles. The van der Waals surface area contributed by atoms with Gasteiger partial charge in [-0.1, -0.05) is 12.1 Å². The molecule has 0 spiro atoms. The van der Waals surface area contributed by atoms with E-state index in [4.69, 9.17) is 15.2 Å². The minimum Gasteiger partial charge on any atom is -0.493 e. The topological polar surface area (TPSA) is 70.3 Å². The number of hydrogen-bond donors (Lipinski definition) is 1. The molecule has 0 bridgehead atoms. The molecule has 82 valence electrons. The predicted molar refractivity (Wildman–Crippen MR) is 59.5 cm³/mol. The molecule has 0 aliphatic heterocycles. The highest BCUT2D eigenvalue weighted by atomic mass is 16.5. The summed E-state index contributed by atoms with van der Waals surface area (Å²) in [6.07, 6.45) is 2.90. The SMILES string of the molecule is COc1ccccc1Oc1cnc(N)cn1. The molecular weight excluding hydrogens is 206 g/mol. The lowest BCUT2D eigenvalue weighted by atomic mass is 10.3. The van der Waals surface area contributed by atoms with Crippen LogP contribution in [-0.4, -0.2) is 17.1 Å². The molecule has 16 heavy (non-hydrogen) atoms. The Hall–Kier alpha value is -2.30. The van der Waals surface area contributed by atoms with Crippen molar-refractivity contribution in [3.8, 4) is 17.4 Å². The van der Waals surface area contributed by atoms with Crippen LogP contribution in [0, 0.1) is 0 Å². The van der Waals surface area contributed by atoms with Gasteiger partial charge in [-0.2, -0.15) is 0 Å². The van der Waals surface area contributed by atoms with E-state index in [2.05, 4.69) is 9.97 Å². The summed E-state index contributed by atoms with van der Waals surface area (Å²) >= 11 is 0. The van der Waals surface area contributed by atoms with Crippen molar-refractivity contribution in [1.29, 1.82) is 0 Å². The van der Waals surface area contributed by atoms with Crippen molar-refractivity contribution in [3.63, 3.8) is 0 Å². The average molecular weight is 217 g/mol. The molecule has 2 rings (SSSR count). The number of hydrogen-bond acceptors (Lipinski definition) is 5. The molecule has 0 radical (unpaired) electrons. The Morgan fingerprint density at radius 1 is 1.06 bits per heavy atom. The molecular formula is C11H11N3O2. The summed E-state index contributed by atoms with van der Waals surface area (Å²) in [5.41, 5.74) is 5.42. The van der Waals surface area contributed by atoms with Crippen molar-refractivity contribution in [3.05, 3.63) is 36.7 Å². The first-order chi connectivity index (χ1) is 7.79. The summed E-state index contributed by atoms with van der Waals surface area (Å²) < 4.78 is 10.6. The summed E-state index contributed by atoms with van der Waals surface area (Å²) in [6.45, 7) is 0. The zero-order valence-electron chi connectivity index (χ0n) is 8.75. The molecule has 0 atom stereocenters. The van der Waals surface area contributed by atoms with Crippen molar-refractivity contribution >= 4 is 5.82 Å². The lowest BCUT2D eigenvalue weighted by Crippen LogP contribution is -1.95. The zero-order chi connectivity index (χ0) is 11.4. The summed E-state index contributed by atoms with van der Waals surface area (Å²) in [5.74, 6) is 1.95. The largest absolute Gasteiger partial charge is 0.493 e. The maximum absolute atomic E-state index is 5.50. The minimum absolute atomic E-state index is 0.354. The highest BCUT2D eigenvalue weighted by Crippen LogP contribution is 2.29. The lowest BCUT2D eigenvalue weighted by molar-refractivity contribution is 0.373. The Morgan fingerprint density at radius 3 is 2.44 bits per heavy atom. The quantitative estimate of drug-likeness (QED) is 0.849. The van der Waals surface area contributed by atoms with Gasteiger partial charge in [0.05, 0.1) is 19.5 Å². The second-order valence-electron chi connectivity index (χ2n) is 3.03. The fourth-order valence-electron chi connectivity index (χ4n) is 1.19. The Morgan fingerprint density at radius 2 is 1.81 bits per heavy atom. The third kappa shape index (κ3) is 2.20. The molecule has 0 fully saturated rings. The highest BCUT2D eigenvalue weighted by Gasteiger charge is 2.04. The van der Waals surface area contributed by atoms with E-state index in [0.717, 1.165) is 0 Å². The molecule has 5 nitrogen and oxygen atoms in total. The molecule has 0 unspecified atom stereocenters. The summed E-state index contributed by atoms with van der Waals surface area (Å²) in [7, 11) is 1.58. The van der Waals surface area contributed by atoms with E-state index in [1.165, 1.54) is 12.4 Å². The van der Waals surface area contributed by atoms with Crippen LogP contribution in [0.4, 0.5) is 5.82 Å². The van der Waals surface area contributed by atoms with Gasteiger partial charge in [0, 0.05) is 0 Å². The van der Waals surface area contributed by atoms with Crippen LogP contribution in [0.15, 0.2) is 36.7 Å². The standard InChI is InChI=1S/C11H11N3O2/c1-15-8-4-2-3-5-9(8)16-11-7-13-10(12)6-14-11/h2-7H,1H3,(H2,12,13). The fraction of sp³-hybridized carbons (Fsp3) is 0.0909. The van der Waals surface area contributed by atoms with Crippen molar-refractivity contribution in [2.45, 2.75) is 0 Å². The van der Waals surface area contributed by atoms with E-state index in [0.29, 0.717) is 23.2 Å². The highest BCUT2D eigenvalue weighted by molar-refractivity contribution is 5.41. The van der Waals surface area contributed by atoms with Crippen molar-refractivity contribution in [1.82, 2.24) is 9.97 Å². The van der Waals surface area contributed by atoms with Gasteiger partial charge in [0.2, 0.25) is 5.88 Å². The number of ether oxygens (including phenoxy) is 2. The van der Waals surface area contributed by atoms with Crippen LogP contribution in [-0.2, 0) is 0 Å². The predicted octanol–water partition coefficient (Wildman–Crippen LogP) is 1.86. The summed E-state index contributed by atoms with van der Waals surface area (Å²) in [4.78, 5) is 7.86. The lowest BCUT2D eigenvalue weighted by Gasteiger charge is -2.08. The normalized spacial score (nSPS) is 9.81. The first kappa shape index (κ1) is 10.2. The van der Waals surface area contributed by atoms with Gasteiger partial charge >= 0.3 is 0 Å². The molecule has 0 amide bonds. The molecule has 5 heteroatoms. The summed E-state index contributed by atoms with van der Waals surface area (Å²) in [5, 5.41) is 0. The number of nitrogens with zero attached hydrogens (tertiary/aromatic N) is 2. The third-order valence-corrected chi connectivity index (χ3v) is 1.93. The second-order valence-corrected chi connectivity index (χ2v) is 3.03. The Bertz CT molecular complexity index is 471. The molecule has 0 aliphatic rings. The summed E-state index contributed by atoms with van der Waals surface area (Å²) in [6, 6.07) is 7.31. The monoisotopic (exact) mass is 217 g/mol. The van der Waals surface area contributed by atoms with Crippen LogP contribution >= 0.6 is 0 Å². The number of anilines is 1. The number of benzene rings is 1. The van der Waals surface area contributed by atoms with Crippen molar-refractivity contribution < 1.29 is 9.47 Å². The number of methoxy groups -OCH3 is 1. The molecule has 0 aliphatic carbocycles. The van der Waals surface area contributed by atoms with E-state index >= 15 is 0 Å². The van der Waals surface area contributed by atoms with Gasteiger partial charge in [-0.15, -0.1) is 0 Å². The molecule has 1 aromatic carbocycles. The number of rotatable bonds is 3. The Labute approximate surface area is 92.9 Å². The van der Waals surface area contributed by atoms with E-state index in [1.54, 1.807) is 19.2 Å². The van der Waals surface area contributed by atoms with Gasteiger partial charge in [-0.3, -0.25) is 0 Å². The first-order valence-electron chi connectivity index (χ1n) is 4.68. The number of aromatic nitrogens is 2. The van der Waals surface area contributed by atoms with Gasteiger partial charge in [-0.25, -0.2) is 9.97 Å². The van der Waals surface area contributed by atoms with E-state index in [-0.39, 0.29) is 0 Å². The average Bonchev–Trinajstić information content (AvgIpc) is 2.33. The number of nitrogen functional groups attached to an aromatic ring is 1. The van der Waals surface area contributed by atoms with Gasteiger partial charge < -0.3 is 15.2 Å². The van der Waals surface area contributed by atoms with Gasteiger partial charge in [0.15, 0.2) is 11.5 Å². The maximum atomic E-state index is 5.50. The van der Waals surface area contributed by atoms with E-state index in [1.807, 2.05) is 12.1 Å². The van der Waals surface area contributed by atoms with Crippen LogP contribution < -0.4 is 15.2 Å². The fourth-order valence-corrected chi connectivity index (χ4v) is 1.19. The van der Waals surface area contributed by atoms with Gasteiger partial charge in [0.25, 0.3) is 0 Å². The van der Waals surface area contributed by atoms with Crippen molar-refractivity contribution in [2.75, 3.05) is 12.8 Å². The van der Waals surface area contributed by atoms with Crippen LogP contribution in [0.3, 0.4) is 0 Å². The number of para-hydroxylation sites is 2. The minimum atomic E-state index is 0.354. The van der Waals surface area contributed by atoms with Gasteiger partial charge in [0.1, 0.15) is 5.82 Å². The maximum Gasteiger partial charge on any atom is 0.238 e. The molecule has 1 aromatic heterocycles. The second kappa shape index (κ2) is 4.48. The van der Waals surface area contributed by atoms with Crippen molar-refractivity contribution in [2.24, 2.45) is 0 Å². The van der Waals surface area contributed by atoms with Crippen LogP contribution in [0.25, 0.3) is 0 Å². The smallest absolute Gasteiger partial charge is 0.238 e. The molecule has 2 N–H and O–H groups in total.